The van der Waals surface area contributed by atoms with Crippen LogP contribution < -0.4 is 0 Å². The van der Waals surface area contributed by atoms with Crippen LogP contribution in [0.5, 0.6) is 0 Å². The van der Waals surface area contributed by atoms with Gasteiger partial charge < -0.3 is 10.2 Å². The third kappa shape index (κ3) is 3.82. The lowest BCUT2D eigenvalue weighted by atomic mass is 9.62. The SMILES string of the molecule is CC1(C)CCC(C)(C)c2cc(C(C(=O)O)C(=O)c3ccc(C(=O)O)cc3)ccc21. The summed E-state index contributed by atoms with van der Waals surface area (Å²) in [5.41, 5.74) is 2.86. The van der Waals surface area contributed by atoms with Crippen LogP contribution in [0.3, 0.4) is 0 Å². The molecule has 0 heterocycles. The third-order valence-corrected chi connectivity index (χ3v) is 6.14. The van der Waals surface area contributed by atoms with Crippen molar-refractivity contribution >= 4 is 17.7 Å². The summed E-state index contributed by atoms with van der Waals surface area (Å²) in [6.07, 6.45) is 2.03. The summed E-state index contributed by atoms with van der Waals surface area (Å²) in [5, 5.41) is 18.8. The Bertz CT molecular complexity index is 983. The van der Waals surface area contributed by atoms with E-state index >= 15 is 0 Å². The van der Waals surface area contributed by atoms with Crippen LogP contribution in [-0.4, -0.2) is 27.9 Å². The van der Waals surface area contributed by atoms with Crippen LogP contribution in [0.15, 0.2) is 42.5 Å². The summed E-state index contributed by atoms with van der Waals surface area (Å²) in [6, 6.07) is 10.9. The molecule has 0 aromatic heterocycles. The number of carboxylic acid groups (broad SMARTS) is 2. The first-order valence-electron chi connectivity index (χ1n) is 9.69. The van der Waals surface area contributed by atoms with Gasteiger partial charge in [-0.05, 0) is 52.5 Å². The maximum absolute atomic E-state index is 13.0. The van der Waals surface area contributed by atoms with Gasteiger partial charge in [0.15, 0.2) is 5.78 Å². The first-order chi connectivity index (χ1) is 13.4. The smallest absolute Gasteiger partial charge is 0.335 e. The molecular weight excluding hydrogens is 368 g/mol. The minimum Gasteiger partial charge on any atom is -0.480 e. The standard InChI is InChI=1S/C24H26O5/c1-23(2)11-12-24(3,4)18-13-16(9-10-17(18)23)19(22(28)29)20(25)14-5-7-15(8-6-14)21(26)27/h5-10,13,19H,11-12H2,1-4H3,(H,26,27)(H,28,29). The molecule has 2 aromatic carbocycles. The number of carbonyl (C=O) groups is 3. The van der Waals surface area contributed by atoms with Crippen molar-refractivity contribution < 1.29 is 24.6 Å². The van der Waals surface area contributed by atoms with Gasteiger partial charge in [0.1, 0.15) is 5.92 Å². The molecule has 0 radical (unpaired) electrons. The van der Waals surface area contributed by atoms with Gasteiger partial charge in [-0.2, -0.15) is 0 Å². The van der Waals surface area contributed by atoms with Gasteiger partial charge in [0.2, 0.25) is 0 Å². The second-order valence-electron chi connectivity index (χ2n) is 9.09. The molecule has 0 saturated heterocycles. The fourth-order valence-electron chi connectivity index (χ4n) is 4.14. The van der Waals surface area contributed by atoms with E-state index in [1.807, 2.05) is 12.1 Å². The van der Waals surface area contributed by atoms with E-state index in [9.17, 15) is 19.5 Å². The number of Topliss-reactive ketones (excluding diaryl/α,β-unsaturated/α-hetero) is 1. The highest BCUT2D eigenvalue weighted by molar-refractivity contribution is 6.12. The highest BCUT2D eigenvalue weighted by Gasteiger charge is 2.38. The Labute approximate surface area is 170 Å². The highest BCUT2D eigenvalue weighted by atomic mass is 16.4. The highest BCUT2D eigenvalue weighted by Crippen LogP contribution is 2.46. The van der Waals surface area contributed by atoms with Gasteiger partial charge in [-0.3, -0.25) is 9.59 Å². The lowest BCUT2D eigenvalue weighted by Crippen LogP contribution is -2.34. The van der Waals surface area contributed by atoms with E-state index in [-0.39, 0.29) is 22.0 Å². The molecule has 2 N–H and O–H groups in total. The molecule has 1 atom stereocenters. The molecule has 1 aliphatic rings. The summed E-state index contributed by atoms with van der Waals surface area (Å²) in [4.78, 5) is 36.0. The fraction of sp³-hybridized carbons (Fsp3) is 0.375. The van der Waals surface area contributed by atoms with Crippen LogP contribution in [0.1, 0.15) is 83.9 Å². The van der Waals surface area contributed by atoms with E-state index in [1.165, 1.54) is 29.8 Å². The Morgan fingerprint density at radius 3 is 1.83 bits per heavy atom. The average Bonchev–Trinajstić information content (AvgIpc) is 2.65. The lowest BCUT2D eigenvalue weighted by Gasteiger charge is -2.42. The molecule has 2 aromatic rings. The molecule has 0 fully saturated rings. The van der Waals surface area contributed by atoms with E-state index in [0.29, 0.717) is 5.56 Å². The van der Waals surface area contributed by atoms with E-state index in [4.69, 9.17) is 5.11 Å². The minimum absolute atomic E-state index is 0.00121. The van der Waals surface area contributed by atoms with Crippen molar-refractivity contribution in [2.75, 3.05) is 0 Å². The first-order valence-corrected chi connectivity index (χ1v) is 9.69. The molecule has 1 unspecified atom stereocenters. The second-order valence-corrected chi connectivity index (χ2v) is 9.09. The number of fused-ring (bicyclic) bond motifs is 1. The summed E-state index contributed by atoms with van der Waals surface area (Å²) < 4.78 is 0. The molecule has 1 aliphatic carbocycles. The van der Waals surface area contributed by atoms with Crippen LogP contribution in [0.25, 0.3) is 0 Å². The average molecular weight is 394 g/mol. The van der Waals surface area contributed by atoms with Crippen molar-refractivity contribution in [2.24, 2.45) is 0 Å². The van der Waals surface area contributed by atoms with Crippen LogP contribution in [-0.2, 0) is 15.6 Å². The molecule has 152 valence electrons. The first kappa shape index (κ1) is 20.8. The maximum Gasteiger partial charge on any atom is 0.335 e. The molecule has 0 spiro atoms. The van der Waals surface area contributed by atoms with Gasteiger partial charge in [0.25, 0.3) is 0 Å². The molecule has 0 amide bonds. The zero-order chi connectivity index (χ0) is 21.6. The molecule has 29 heavy (non-hydrogen) atoms. The Morgan fingerprint density at radius 1 is 0.793 bits per heavy atom. The van der Waals surface area contributed by atoms with Gasteiger partial charge >= 0.3 is 11.9 Å². The predicted octanol–water partition coefficient (Wildman–Crippen LogP) is 4.78. The summed E-state index contributed by atoms with van der Waals surface area (Å²) in [5.74, 6) is -4.21. The molecular formula is C24H26O5. The minimum atomic E-state index is -1.34. The Hall–Kier alpha value is -2.95. The molecule has 0 aliphatic heterocycles. The predicted molar refractivity (Wildman–Crippen MR) is 110 cm³/mol. The van der Waals surface area contributed by atoms with Gasteiger partial charge in [0.05, 0.1) is 5.56 Å². The molecule has 5 nitrogen and oxygen atoms in total. The number of ketones is 1. The second kappa shape index (κ2) is 7.14. The Kier molecular flexibility index (Phi) is 5.11. The number of aromatic carboxylic acids is 1. The Morgan fingerprint density at radius 2 is 1.31 bits per heavy atom. The monoisotopic (exact) mass is 394 g/mol. The summed E-state index contributed by atoms with van der Waals surface area (Å²) in [6.45, 7) is 8.66. The fourth-order valence-corrected chi connectivity index (χ4v) is 4.14. The molecule has 0 bridgehead atoms. The number of benzene rings is 2. The summed E-state index contributed by atoms with van der Waals surface area (Å²) in [7, 11) is 0. The quantitative estimate of drug-likeness (QED) is 0.562. The van der Waals surface area contributed by atoms with Crippen molar-refractivity contribution in [3.8, 4) is 0 Å². The summed E-state index contributed by atoms with van der Waals surface area (Å²) >= 11 is 0. The number of rotatable bonds is 5. The number of carbonyl (C=O) groups excluding carboxylic acids is 1. The van der Waals surface area contributed by atoms with Crippen molar-refractivity contribution in [3.05, 3.63) is 70.3 Å². The van der Waals surface area contributed by atoms with Crippen molar-refractivity contribution in [2.45, 2.75) is 57.3 Å². The zero-order valence-electron chi connectivity index (χ0n) is 17.2. The third-order valence-electron chi connectivity index (χ3n) is 6.14. The normalized spacial score (nSPS) is 17.8. The van der Waals surface area contributed by atoms with E-state index in [2.05, 4.69) is 27.7 Å². The maximum atomic E-state index is 13.0. The number of hydrogen-bond donors (Lipinski definition) is 2. The van der Waals surface area contributed by atoms with Crippen molar-refractivity contribution in [3.63, 3.8) is 0 Å². The van der Waals surface area contributed by atoms with E-state index < -0.39 is 23.6 Å². The molecule has 5 heteroatoms. The lowest BCUT2D eigenvalue weighted by molar-refractivity contribution is -0.137. The molecule has 3 rings (SSSR count). The number of hydrogen-bond acceptors (Lipinski definition) is 3. The number of aliphatic carboxylic acids is 1. The topological polar surface area (TPSA) is 91.7 Å². The van der Waals surface area contributed by atoms with Crippen LogP contribution in [0.2, 0.25) is 0 Å². The Balaban J connectivity index is 2.05. The molecule has 0 saturated carbocycles. The van der Waals surface area contributed by atoms with Crippen molar-refractivity contribution in [1.82, 2.24) is 0 Å². The van der Waals surface area contributed by atoms with Gasteiger partial charge in [-0.25, -0.2) is 4.79 Å². The van der Waals surface area contributed by atoms with E-state index in [1.54, 1.807) is 6.07 Å². The van der Waals surface area contributed by atoms with Crippen LogP contribution in [0.4, 0.5) is 0 Å². The largest absolute Gasteiger partial charge is 0.480 e. The van der Waals surface area contributed by atoms with Crippen LogP contribution >= 0.6 is 0 Å². The van der Waals surface area contributed by atoms with Gasteiger partial charge in [-0.1, -0.05) is 58.0 Å². The van der Waals surface area contributed by atoms with Crippen molar-refractivity contribution in [1.29, 1.82) is 0 Å². The number of carboxylic acids is 2. The van der Waals surface area contributed by atoms with Gasteiger partial charge in [-0.15, -0.1) is 0 Å². The van der Waals surface area contributed by atoms with Gasteiger partial charge in [0, 0.05) is 5.56 Å². The zero-order valence-corrected chi connectivity index (χ0v) is 17.2. The van der Waals surface area contributed by atoms with E-state index in [0.717, 1.165) is 18.4 Å². The van der Waals surface area contributed by atoms with Crippen LogP contribution in [0, 0.1) is 0 Å².